The van der Waals surface area contributed by atoms with Crippen LogP contribution in [0.2, 0.25) is 0 Å². The second-order valence-electron chi connectivity index (χ2n) is 4.53. The Kier molecular flexibility index (Phi) is 4.32. The molecule has 0 radical (unpaired) electrons. The summed E-state index contributed by atoms with van der Waals surface area (Å²) >= 11 is 0. The number of ether oxygens (including phenoxy) is 1. The Balaban J connectivity index is 1.98. The van der Waals surface area contributed by atoms with Gasteiger partial charge in [-0.25, -0.2) is 0 Å². The van der Waals surface area contributed by atoms with E-state index in [-0.39, 0.29) is 11.9 Å². The molecule has 0 aromatic heterocycles. The normalized spacial score (nSPS) is 19.6. The van der Waals surface area contributed by atoms with Gasteiger partial charge in [-0.1, -0.05) is 6.07 Å². The standard InChI is InChI=1S/C14H14F3NO2/c15-14(16,17)11-3-1-4-12(9-11)20-13-5-7-18(10-13)6-2-8-19/h1-4,6,8-9,13H,5,7,10H2/t13-/m1/s1. The first-order valence-electron chi connectivity index (χ1n) is 6.19. The number of carbonyl (C=O) groups excluding carboxylic acids is 1. The van der Waals surface area contributed by atoms with Crippen LogP contribution in [0.4, 0.5) is 13.2 Å². The van der Waals surface area contributed by atoms with Gasteiger partial charge in [0.25, 0.3) is 0 Å². The number of hydrogen-bond donors (Lipinski definition) is 0. The average molecular weight is 285 g/mol. The fourth-order valence-corrected chi connectivity index (χ4v) is 2.08. The van der Waals surface area contributed by atoms with E-state index >= 15 is 0 Å². The number of likely N-dealkylation sites (tertiary alicyclic amines) is 1. The fraction of sp³-hybridized carbons (Fsp3) is 0.357. The second-order valence-corrected chi connectivity index (χ2v) is 4.53. The molecule has 0 amide bonds. The van der Waals surface area contributed by atoms with Crippen molar-refractivity contribution >= 4 is 6.29 Å². The fourth-order valence-electron chi connectivity index (χ4n) is 2.08. The van der Waals surface area contributed by atoms with Crippen LogP contribution in [0.1, 0.15) is 12.0 Å². The minimum atomic E-state index is -4.37. The lowest BCUT2D eigenvalue weighted by Crippen LogP contribution is -2.21. The summed E-state index contributed by atoms with van der Waals surface area (Å²) in [5, 5.41) is 0. The third-order valence-corrected chi connectivity index (χ3v) is 3.02. The molecule has 6 heteroatoms. The third kappa shape index (κ3) is 3.76. The highest BCUT2D eigenvalue weighted by atomic mass is 19.4. The van der Waals surface area contributed by atoms with Crippen LogP contribution >= 0.6 is 0 Å². The van der Waals surface area contributed by atoms with Gasteiger partial charge in [0.2, 0.25) is 0 Å². The maximum Gasteiger partial charge on any atom is 0.416 e. The minimum Gasteiger partial charge on any atom is -0.489 e. The summed E-state index contributed by atoms with van der Waals surface area (Å²) in [7, 11) is 0. The Hall–Kier alpha value is -1.98. The molecule has 1 aromatic carbocycles. The molecule has 0 N–H and O–H groups in total. The number of aldehydes is 1. The van der Waals surface area contributed by atoms with Gasteiger partial charge >= 0.3 is 6.18 Å². The summed E-state index contributed by atoms with van der Waals surface area (Å²) in [5.41, 5.74) is -0.717. The Morgan fingerprint density at radius 3 is 2.85 bits per heavy atom. The molecule has 0 spiro atoms. The molecule has 0 bridgehead atoms. The van der Waals surface area contributed by atoms with Crippen molar-refractivity contribution in [3.8, 4) is 5.75 Å². The van der Waals surface area contributed by atoms with Crippen molar-refractivity contribution in [2.75, 3.05) is 13.1 Å². The van der Waals surface area contributed by atoms with Crippen LogP contribution in [-0.4, -0.2) is 30.4 Å². The van der Waals surface area contributed by atoms with Crippen LogP contribution in [0.5, 0.6) is 5.75 Å². The van der Waals surface area contributed by atoms with Crippen LogP contribution in [0, 0.1) is 0 Å². The lowest BCUT2D eigenvalue weighted by atomic mass is 10.2. The van der Waals surface area contributed by atoms with Gasteiger partial charge in [-0.05, 0) is 24.3 Å². The molecule has 1 aliphatic rings. The number of benzene rings is 1. The largest absolute Gasteiger partial charge is 0.489 e. The van der Waals surface area contributed by atoms with Crippen molar-refractivity contribution in [1.29, 1.82) is 0 Å². The quantitative estimate of drug-likeness (QED) is 0.629. The number of alkyl halides is 3. The summed E-state index contributed by atoms with van der Waals surface area (Å²) in [6.07, 6.45) is -0.113. The summed E-state index contributed by atoms with van der Waals surface area (Å²) in [6, 6.07) is 4.86. The predicted molar refractivity (Wildman–Crippen MR) is 67.3 cm³/mol. The molecule has 0 unspecified atom stereocenters. The van der Waals surface area contributed by atoms with Crippen LogP contribution in [0.15, 0.2) is 36.5 Å². The molecule has 1 fully saturated rings. The number of hydrogen-bond acceptors (Lipinski definition) is 3. The zero-order valence-corrected chi connectivity index (χ0v) is 10.6. The second kappa shape index (κ2) is 5.98. The van der Waals surface area contributed by atoms with E-state index in [4.69, 9.17) is 4.74 Å². The van der Waals surface area contributed by atoms with Crippen molar-refractivity contribution in [1.82, 2.24) is 4.90 Å². The molecule has 1 saturated heterocycles. The molecular weight excluding hydrogens is 271 g/mol. The zero-order chi connectivity index (χ0) is 14.6. The van der Waals surface area contributed by atoms with Gasteiger partial charge in [-0.15, -0.1) is 0 Å². The van der Waals surface area contributed by atoms with Gasteiger partial charge in [0, 0.05) is 19.2 Å². The van der Waals surface area contributed by atoms with E-state index in [1.54, 1.807) is 6.20 Å². The SMILES string of the molecule is O=CC=CN1CC[C@@H](Oc2cccc(C(F)(F)F)c2)C1. The van der Waals surface area contributed by atoms with E-state index in [1.165, 1.54) is 18.2 Å². The van der Waals surface area contributed by atoms with Crippen LogP contribution in [0.25, 0.3) is 0 Å². The van der Waals surface area contributed by atoms with Gasteiger partial charge in [0.15, 0.2) is 0 Å². The maximum atomic E-state index is 12.6. The Labute approximate surface area is 114 Å². The van der Waals surface area contributed by atoms with E-state index < -0.39 is 11.7 Å². The molecule has 1 atom stereocenters. The molecule has 0 aliphatic carbocycles. The number of carbonyl (C=O) groups is 1. The van der Waals surface area contributed by atoms with Crippen molar-refractivity contribution in [3.05, 3.63) is 42.1 Å². The van der Waals surface area contributed by atoms with Gasteiger partial charge in [-0.3, -0.25) is 4.79 Å². The Bertz CT molecular complexity index is 499. The summed E-state index contributed by atoms with van der Waals surface area (Å²) in [4.78, 5) is 12.1. The lowest BCUT2D eigenvalue weighted by Gasteiger charge is -2.16. The van der Waals surface area contributed by atoms with Crippen molar-refractivity contribution in [3.63, 3.8) is 0 Å². The van der Waals surface area contributed by atoms with E-state index in [9.17, 15) is 18.0 Å². The van der Waals surface area contributed by atoms with Gasteiger partial charge in [0.05, 0.1) is 12.1 Å². The zero-order valence-electron chi connectivity index (χ0n) is 10.6. The highest BCUT2D eigenvalue weighted by Gasteiger charge is 2.31. The van der Waals surface area contributed by atoms with E-state index in [1.807, 2.05) is 4.90 Å². The van der Waals surface area contributed by atoms with Gasteiger partial charge in [0.1, 0.15) is 18.1 Å². The third-order valence-electron chi connectivity index (χ3n) is 3.02. The number of rotatable bonds is 4. The van der Waals surface area contributed by atoms with Crippen molar-refractivity contribution < 1.29 is 22.7 Å². The van der Waals surface area contributed by atoms with Gasteiger partial charge in [-0.2, -0.15) is 13.2 Å². The Morgan fingerprint density at radius 2 is 2.15 bits per heavy atom. The van der Waals surface area contributed by atoms with Gasteiger partial charge < -0.3 is 9.64 Å². The first-order valence-corrected chi connectivity index (χ1v) is 6.19. The smallest absolute Gasteiger partial charge is 0.416 e. The molecule has 1 aromatic rings. The van der Waals surface area contributed by atoms with E-state index in [2.05, 4.69) is 0 Å². The molecule has 1 aliphatic heterocycles. The van der Waals surface area contributed by atoms with Crippen LogP contribution < -0.4 is 4.74 Å². The van der Waals surface area contributed by atoms with Crippen LogP contribution in [0.3, 0.4) is 0 Å². The monoisotopic (exact) mass is 285 g/mol. The van der Waals surface area contributed by atoms with E-state index in [0.717, 1.165) is 12.1 Å². The lowest BCUT2D eigenvalue weighted by molar-refractivity contribution is -0.137. The van der Waals surface area contributed by atoms with Crippen LogP contribution in [-0.2, 0) is 11.0 Å². The van der Waals surface area contributed by atoms with E-state index in [0.29, 0.717) is 25.8 Å². The average Bonchev–Trinajstić information content (AvgIpc) is 2.83. The molecule has 3 nitrogen and oxygen atoms in total. The summed E-state index contributed by atoms with van der Waals surface area (Å²) < 4.78 is 43.3. The molecular formula is C14H14F3NO2. The molecule has 1 heterocycles. The molecule has 108 valence electrons. The first kappa shape index (κ1) is 14.4. The summed E-state index contributed by atoms with van der Waals surface area (Å²) in [6.45, 7) is 1.27. The highest BCUT2D eigenvalue weighted by molar-refractivity contribution is 5.64. The molecule has 2 rings (SSSR count). The van der Waals surface area contributed by atoms with Crippen molar-refractivity contribution in [2.45, 2.75) is 18.7 Å². The number of allylic oxidation sites excluding steroid dienone is 1. The topological polar surface area (TPSA) is 29.5 Å². The summed E-state index contributed by atoms with van der Waals surface area (Å²) in [5.74, 6) is 0.214. The predicted octanol–water partition coefficient (Wildman–Crippen LogP) is 2.87. The minimum absolute atomic E-state index is 0.171. The molecule has 20 heavy (non-hydrogen) atoms. The Morgan fingerprint density at radius 1 is 1.35 bits per heavy atom. The first-order chi connectivity index (χ1) is 9.49. The maximum absolute atomic E-state index is 12.6. The highest BCUT2D eigenvalue weighted by Crippen LogP contribution is 2.31. The molecule has 0 saturated carbocycles. The number of halogens is 3. The van der Waals surface area contributed by atoms with Crippen molar-refractivity contribution in [2.24, 2.45) is 0 Å². The number of nitrogens with zero attached hydrogens (tertiary/aromatic N) is 1.